The Labute approximate surface area is 127 Å². The van der Waals surface area contributed by atoms with Gasteiger partial charge in [-0.2, -0.15) is 0 Å². The number of rotatable bonds is 2. The molecule has 0 unspecified atom stereocenters. The number of aryl methyl sites for hydroxylation is 1. The van der Waals surface area contributed by atoms with Crippen LogP contribution in [0, 0.1) is 12.7 Å². The molecule has 0 radical (unpaired) electrons. The van der Waals surface area contributed by atoms with Gasteiger partial charge in [-0.3, -0.25) is 0 Å². The van der Waals surface area contributed by atoms with Crippen LogP contribution in [0.1, 0.15) is 17.4 Å². The molecular weight excluding hydrogens is 293 g/mol. The summed E-state index contributed by atoms with van der Waals surface area (Å²) in [5.41, 5.74) is 1.71. The van der Waals surface area contributed by atoms with Gasteiger partial charge < -0.3 is 9.64 Å². The SMILES string of the molecule is Cc1ccnc(N2CCO[C@@H](c3ccc(F)cc3Cl)C2)n1. The van der Waals surface area contributed by atoms with Crippen molar-refractivity contribution in [2.75, 3.05) is 24.6 Å². The van der Waals surface area contributed by atoms with E-state index in [1.807, 2.05) is 13.0 Å². The molecule has 110 valence electrons. The second-order valence-corrected chi connectivity index (χ2v) is 5.38. The Morgan fingerprint density at radius 3 is 3.00 bits per heavy atom. The van der Waals surface area contributed by atoms with Crippen LogP contribution in [0.25, 0.3) is 0 Å². The van der Waals surface area contributed by atoms with Crippen molar-refractivity contribution in [2.24, 2.45) is 0 Å². The van der Waals surface area contributed by atoms with Crippen LogP contribution in [0.3, 0.4) is 0 Å². The first kappa shape index (κ1) is 14.2. The number of hydrogen-bond donors (Lipinski definition) is 0. The predicted octanol–water partition coefficient (Wildman–Crippen LogP) is 3.16. The fraction of sp³-hybridized carbons (Fsp3) is 0.333. The van der Waals surface area contributed by atoms with E-state index in [0.29, 0.717) is 24.1 Å². The molecule has 0 bridgehead atoms. The number of anilines is 1. The van der Waals surface area contributed by atoms with Gasteiger partial charge in [-0.05, 0) is 25.1 Å². The lowest BCUT2D eigenvalue weighted by atomic mass is 10.1. The minimum absolute atomic E-state index is 0.212. The zero-order valence-corrected chi connectivity index (χ0v) is 12.3. The maximum atomic E-state index is 13.1. The highest BCUT2D eigenvalue weighted by Gasteiger charge is 2.25. The average molecular weight is 308 g/mol. The van der Waals surface area contributed by atoms with E-state index in [1.54, 1.807) is 12.3 Å². The van der Waals surface area contributed by atoms with Crippen molar-refractivity contribution in [2.45, 2.75) is 13.0 Å². The molecular formula is C15H15ClFN3O. The minimum atomic E-state index is -0.349. The van der Waals surface area contributed by atoms with Crippen molar-refractivity contribution in [3.63, 3.8) is 0 Å². The van der Waals surface area contributed by atoms with Gasteiger partial charge in [0, 0.05) is 29.0 Å². The molecule has 21 heavy (non-hydrogen) atoms. The molecule has 1 saturated heterocycles. The van der Waals surface area contributed by atoms with Crippen LogP contribution in [-0.4, -0.2) is 29.7 Å². The summed E-state index contributed by atoms with van der Waals surface area (Å²) in [6.45, 7) is 3.79. The normalized spacial score (nSPS) is 18.8. The molecule has 3 rings (SSSR count). The van der Waals surface area contributed by atoms with Crippen molar-refractivity contribution < 1.29 is 9.13 Å². The first-order chi connectivity index (χ1) is 10.1. The van der Waals surface area contributed by atoms with E-state index in [9.17, 15) is 4.39 Å². The molecule has 0 saturated carbocycles. The second-order valence-electron chi connectivity index (χ2n) is 4.97. The molecule has 0 spiro atoms. The third kappa shape index (κ3) is 3.14. The van der Waals surface area contributed by atoms with E-state index in [-0.39, 0.29) is 11.9 Å². The van der Waals surface area contributed by atoms with E-state index < -0.39 is 0 Å². The molecule has 1 fully saturated rings. The van der Waals surface area contributed by atoms with Gasteiger partial charge in [0.2, 0.25) is 5.95 Å². The van der Waals surface area contributed by atoms with Gasteiger partial charge >= 0.3 is 0 Å². The van der Waals surface area contributed by atoms with Crippen LogP contribution in [0.5, 0.6) is 0 Å². The standard InChI is InChI=1S/C15H15ClFN3O/c1-10-4-5-18-15(19-10)20-6-7-21-14(9-20)12-3-2-11(17)8-13(12)16/h2-5,8,14H,6-7,9H2,1H3/t14-/m1/s1. The Morgan fingerprint density at radius 2 is 2.24 bits per heavy atom. The number of hydrogen-bond acceptors (Lipinski definition) is 4. The average Bonchev–Trinajstić information content (AvgIpc) is 2.47. The van der Waals surface area contributed by atoms with E-state index in [0.717, 1.165) is 17.8 Å². The van der Waals surface area contributed by atoms with Gasteiger partial charge in [-0.25, -0.2) is 14.4 Å². The molecule has 1 aromatic heterocycles. The minimum Gasteiger partial charge on any atom is -0.370 e. The van der Waals surface area contributed by atoms with Gasteiger partial charge in [-0.1, -0.05) is 17.7 Å². The van der Waals surface area contributed by atoms with E-state index in [1.165, 1.54) is 12.1 Å². The molecule has 1 aliphatic heterocycles. The fourth-order valence-electron chi connectivity index (χ4n) is 2.37. The highest BCUT2D eigenvalue weighted by molar-refractivity contribution is 6.31. The highest BCUT2D eigenvalue weighted by Crippen LogP contribution is 2.30. The van der Waals surface area contributed by atoms with Crippen LogP contribution < -0.4 is 4.90 Å². The molecule has 1 aromatic carbocycles. The topological polar surface area (TPSA) is 38.2 Å². The maximum Gasteiger partial charge on any atom is 0.225 e. The number of ether oxygens (including phenoxy) is 1. The number of halogens is 2. The summed E-state index contributed by atoms with van der Waals surface area (Å²) in [4.78, 5) is 10.8. The zero-order chi connectivity index (χ0) is 14.8. The lowest BCUT2D eigenvalue weighted by Gasteiger charge is -2.33. The summed E-state index contributed by atoms with van der Waals surface area (Å²) < 4.78 is 18.9. The van der Waals surface area contributed by atoms with Gasteiger partial charge in [0.25, 0.3) is 0 Å². The number of aromatic nitrogens is 2. The smallest absolute Gasteiger partial charge is 0.225 e. The van der Waals surface area contributed by atoms with Gasteiger partial charge in [-0.15, -0.1) is 0 Å². The zero-order valence-electron chi connectivity index (χ0n) is 11.6. The second kappa shape index (κ2) is 5.95. The number of morpholine rings is 1. The van der Waals surface area contributed by atoms with Crippen LogP contribution >= 0.6 is 11.6 Å². The molecule has 1 aliphatic rings. The van der Waals surface area contributed by atoms with Crippen molar-refractivity contribution in [3.8, 4) is 0 Å². The molecule has 6 heteroatoms. The molecule has 0 N–H and O–H groups in total. The quantitative estimate of drug-likeness (QED) is 0.854. The summed E-state index contributed by atoms with van der Waals surface area (Å²) in [5.74, 6) is 0.333. The lowest BCUT2D eigenvalue weighted by Crippen LogP contribution is -2.39. The summed E-state index contributed by atoms with van der Waals surface area (Å²) in [6.07, 6.45) is 1.53. The molecule has 2 aromatic rings. The largest absolute Gasteiger partial charge is 0.370 e. The van der Waals surface area contributed by atoms with Crippen LogP contribution in [-0.2, 0) is 4.74 Å². The van der Waals surface area contributed by atoms with Crippen molar-refractivity contribution in [1.82, 2.24) is 9.97 Å². The first-order valence-corrected chi connectivity index (χ1v) is 7.12. The summed E-state index contributed by atoms with van der Waals surface area (Å²) in [5, 5.41) is 0.381. The van der Waals surface area contributed by atoms with Crippen molar-refractivity contribution in [3.05, 3.63) is 52.6 Å². The van der Waals surface area contributed by atoms with E-state index >= 15 is 0 Å². The summed E-state index contributed by atoms with van der Waals surface area (Å²) in [7, 11) is 0. The fourth-order valence-corrected chi connectivity index (χ4v) is 2.66. The van der Waals surface area contributed by atoms with Crippen LogP contribution in [0.15, 0.2) is 30.5 Å². The van der Waals surface area contributed by atoms with Crippen LogP contribution in [0.2, 0.25) is 5.02 Å². The lowest BCUT2D eigenvalue weighted by molar-refractivity contribution is 0.0392. The third-order valence-electron chi connectivity index (χ3n) is 3.44. The molecule has 0 aliphatic carbocycles. The molecule has 4 nitrogen and oxygen atoms in total. The first-order valence-electron chi connectivity index (χ1n) is 6.74. The van der Waals surface area contributed by atoms with Crippen molar-refractivity contribution in [1.29, 1.82) is 0 Å². The molecule has 0 amide bonds. The van der Waals surface area contributed by atoms with Crippen LogP contribution in [0.4, 0.5) is 10.3 Å². The predicted molar refractivity (Wildman–Crippen MR) is 79.1 cm³/mol. The Balaban J connectivity index is 1.82. The van der Waals surface area contributed by atoms with Gasteiger partial charge in [0.1, 0.15) is 11.9 Å². The monoisotopic (exact) mass is 307 g/mol. The molecule has 1 atom stereocenters. The maximum absolute atomic E-state index is 13.1. The van der Waals surface area contributed by atoms with Gasteiger partial charge in [0.05, 0.1) is 13.2 Å². The Bertz CT molecular complexity index is 653. The van der Waals surface area contributed by atoms with Crippen molar-refractivity contribution >= 4 is 17.5 Å². The van der Waals surface area contributed by atoms with E-state index in [4.69, 9.17) is 16.3 Å². The summed E-state index contributed by atoms with van der Waals surface area (Å²) >= 11 is 6.11. The van der Waals surface area contributed by atoms with Gasteiger partial charge in [0.15, 0.2) is 0 Å². The highest BCUT2D eigenvalue weighted by atomic mass is 35.5. The Hall–Kier alpha value is -1.72. The third-order valence-corrected chi connectivity index (χ3v) is 3.77. The molecule has 2 heterocycles. The number of nitrogens with zero attached hydrogens (tertiary/aromatic N) is 3. The number of benzene rings is 1. The Morgan fingerprint density at radius 1 is 1.38 bits per heavy atom. The van der Waals surface area contributed by atoms with E-state index in [2.05, 4.69) is 14.9 Å². The summed E-state index contributed by atoms with van der Waals surface area (Å²) in [6, 6.07) is 6.23. The Kier molecular flexibility index (Phi) is 4.03.